The lowest BCUT2D eigenvalue weighted by atomic mass is 10.1. The Morgan fingerprint density at radius 2 is 1.91 bits per heavy atom. The van der Waals surface area contributed by atoms with E-state index in [1.807, 2.05) is 20.8 Å². The number of nitrogens with one attached hydrogen (secondary N) is 1. The van der Waals surface area contributed by atoms with Crippen molar-refractivity contribution in [3.05, 3.63) is 40.3 Å². The van der Waals surface area contributed by atoms with E-state index >= 15 is 0 Å². The molecule has 1 heterocycles. The molecule has 1 aliphatic heterocycles. The van der Waals surface area contributed by atoms with Crippen molar-refractivity contribution in [3.8, 4) is 0 Å². The maximum absolute atomic E-state index is 12.1. The van der Waals surface area contributed by atoms with E-state index in [9.17, 15) is 9.59 Å². The van der Waals surface area contributed by atoms with Crippen molar-refractivity contribution < 1.29 is 14.3 Å². The third-order valence-electron chi connectivity index (χ3n) is 3.16. The van der Waals surface area contributed by atoms with Crippen molar-refractivity contribution >= 4 is 17.7 Å². The third kappa shape index (κ3) is 4.62. The van der Waals surface area contributed by atoms with Gasteiger partial charge in [0.15, 0.2) is 0 Å². The van der Waals surface area contributed by atoms with Crippen molar-refractivity contribution in [2.45, 2.75) is 32.4 Å². The zero-order valence-corrected chi connectivity index (χ0v) is 13.3. The number of hydrogen-bond donors (Lipinski definition) is 1. The van der Waals surface area contributed by atoms with Crippen molar-refractivity contribution in [1.82, 2.24) is 10.2 Å². The average Bonchev–Trinajstić information content (AvgIpc) is 2.41. The van der Waals surface area contributed by atoms with E-state index in [2.05, 4.69) is 15.3 Å². The molecule has 0 aliphatic carbocycles. The molecule has 8 heteroatoms. The van der Waals surface area contributed by atoms with Gasteiger partial charge in [0, 0.05) is 29.3 Å². The molecule has 8 nitrogen and oxygen atoms in total. The fourth-order valence-electron chi connectivity index (χ4n) is 2.05. The summed E-state index contributed by atoms with van der Waals surface area (Å²) in [7, 11) is 0. The second-order valence-electron chi connectivity index (χ2n) is 6.29. The van der Waals surface area contributed by atoms with E-state index in [-0.39, 0.29) is 18.0 Å². The first-order chi connectivity index (χ1) is 10.8. The average molecular weight is 317 g/mol. The maximum Gasteiger partial charge on any atom is 0.410 e. The number of likely N-dealkylation sites (tertiary alicyclic amines) is 1. The Morgan fingerprint density at radius 1 is 1.30 bits per heavy atom. The number of rotatable bonds is 3. The van der Waals surface area contributed by atoms with Gasteiger partial charge >= 0.3 is 6.09 Å². The number of benzene rings is 1. The summed E-state index contributed by atoms with van der Waals surface area (Å²) in [6.45, 7) is 6.28. The fraction of sp³-hybridized carbons (Fsp3) is 0.467. The Labute approximate surface area is 134 Å². The van der Waals surface area contributed by atoms with E-state index in [1.165, 1.54) is 0 Å². The lowest BCUT2D eigenvalue weighted by Gasteiger charge is -2.39. The van der Waals surface area contributed by atoms with Gasteiger partial charge in [0.1, 0.15) is 5.60 Å². The first kappa shape index (κ1) is 16.6. The van der Waals surface area contributed by atoms with Gasteiger partial charge in [-0.15, -0.1) is 0 Å². The summed E-state index contributed by atoms with van der Waals surface area (Å²) in [5.41, 5.74) is 8.72. The van der Waals surface area contributed by atoms with Gasteiger partial charge < -0.3 is 15.0 Å². The summed E-state index contributed by atoms with van der Waals surface area (Å²) >= 11 is 0. The molecule has 2 rings (SSSR count). The number of nitrogens with zero attached hydrogens (tertiary/aromatic N) is 4. The van der Waals surface area contributed by atoms with E-state index in [1.54, 1.807) is 29.2 Å². The van der Waals surface area contributed by atoms with E-state index < -0.39 is 5.60 Å². The largest absolute Gasteiger partial charge is 0.444 e. The topological polar surface area (TPSA) is 107 Å². The van der Waals surface area contributed by atoms with E-state index in [0.717, 1.165) is 0 Å². The minimum Gasteiger partial charge on any atom is -0.444 e. The van der Waals surface area contributed by atoms with Crippen LogP contribution in [0.3, 0.4) is 0 Å². The van der Waals surface area contributed by atoms with Gasteiger partial charge in [-0.25, -0.2) is 4.79 Å². The zero-order chi connectivity index (χ0) is 17.0. The molecular weight excluding hydrogens is 298 g/mol. The molecule has 2 amide bonds. The van der Waals surface area contributed by atoms with Gasteiger partial charge in [-0.3, -0.25) is 4.79 Å². The Kier molecular flexibility index (Phi) is 4.76. The predicted octanol–water partition coefficient (Wildman–Crippen LogP) is 2.98. The number of azide groups is 1. The number of hydrogen-bond acceptors (Lipinski definition) is 4. The van der Waals surface area contributed by atoms with Crippen molar-refractivity contribution in [3.63, 3.8) is 0 Å². The highest BCUT2D eigenvalue weighted by Crippen LogP contribution is 2.16. The molecule has 0 saturated carbocycles. The summed E-state index contributed by atoms with van der Waals surface area (Å²) in [5.74, 6) is -0.230. The monoisotopic (exact) mass is 317 g/mol. The summed E-state index contributed by atoms with van der Waals surface area (Å²) in [6.07, 6.45) is -0.373. The number of carbonyl (C=O) groups excluding carboxylic acids is 2. The summed E-state index contributed by atoms with van der Waals surface area (Å²) in [5, 5.41) is 6.28. The smallest absolute Gasteiger partial charge is 0.410 e. The van der Waals surface area contributed by atoms with Crippen LogP contribution in [0.2, 0.25) is 0 Å². The Morgan fingerprint density at radius 3 is 2.43 bits per heavy atom. The van der Waals surface area contributed by atoms with Crippen molar-refractivity contribution in [2.75, 3.05) is 13.1 Å². The quantitative estimate of drug-likeness (QED) is 0.526. The Bertz CT molecular complexity index is 638. The molecule has 1 aliphatic rings. The number of ether oxygens (including phenoxy) is 1. The van der Waals surface area contributed by atoms with Crippen LogP contribution in [0.25, 0.3) is 10.4 Å². The summed E-state index contributed by atoms with van der Waals surface area (Å²) in [4.78, 5) is 28.1. The predicted molar refractivity (Wildman–Crippen MR) is 84.3 cm³/mol. The summed E-state index contributed by atoms with van der Waals surface area (Å²) in [6, 6.07) is 6.23. The Balaban J connectivity index is 1.82. The molecule has 23 heavy (non-hydrogen) atoms. The van der Waals surface area contributed by atoms with Crippen molar-refractivity contribution in [1.29, 1.82) is 0 Å². The molecule has 1 N–H and O–H groups in total. The highest BCUT2D eigenvalue weighted by molar-refractivity contribution is 5.94. The first-order valence-corrected chi connectivity index (χ1v) is 7.22. The van der Waals surface area contributed by atoms with Gasteiger partial charge in [0.25, 0.3) is 5.91 Å². The van der Waals surface area contributed by atoms with E-state index in [4.69, 9.17) is 10.3 Å². The third-order valence-corrected chi connectivity index (χ3v) is 3.16. The maximum atomic E-state index is 12.1. The molecule has 0 spiro atoms. The number of amides is 2. The highest BCUT2D eigenvalue weighted by Gasteiger charge is 2.34. The van der Waals surface area contributed by atoms with Crippen LogP contribution in [-0.4, -0.2) is 41.6 Å². The molecule has 0 unspecified atom stereocenters. The molecule has 1 aromatic carbocycles. The van der Waals surface area contributed by atoms with Gasteiger partial charge in [0.2, 0.25) is 0 Å². The lowest BCUT2D eigenvalue weighted by molar-refractivity contribution is 0.00533. The van der Waals surface area contributed by atoms with Crippen LogP contribution in [0.15, 0.2) is 29.4 Å². The van der Waals surface area contributed by atoms with Gasteiger partial charge in [-0.1, -0.05) is 17.2 Å². The van der Waals surface area contributed by atoms with Crippen LogP contribution in [0.4, 0.5) is 10.5 Å². The molecule has 1 aromatic rings. The normalized spacial score (nSPS) is 14.5. The fourth-order valence-corrected chi connectivity index (χ4v) is 2.05. The molecule has 122 valence electrons. The molecule has 0 radical (unpaired) electrons. The Hall–Kier alpha value is -2.73. The molecule has 0 atom stereocenters. The summed E-state index contributed by atoms with van der Waals surface area (Å²) < 4.78 is 5.25. The standard InChI is InChI=1S/C15H19N5O3/c1-15(2,3)23-14(22)20-8-12(9-20)17-13(21)10-4-6-11(7-5-10)18-19-16/h4-7,12H,8-9H2,1-3H3,(H,17,21). The van der Waals surface area contributed by atoms with Crippen molar-refractivity contribution in [2.24, 2.45) is 5.11 Å². The second kappa shape index (κ2) is 6.58. The SMILES string of the molecule is CC(C)(C)OC(=O)N1CC(NC(=O)c2ccc(N=[N+]=[N-])cc2)C1. The highest BCUT2D eigenvalue weighted by atomic mass is 16.6. The van der Waals surface area contributed by atoms with Crippen LogP contribution in [0.5, 0.6) is 0 Å². The van der Waals surface area contributed by atoms with Crippen LogP contribution in [0, 0.1) is 0 Å². The van der Waals surface area contributed by atoms with E-state index in [0.29, 0.717) is 24.3 Å². The van der Waals surface area contributed by atoms with Gasteiger partial charge in [-0.2, -0.15) is 0 Å². The second-order valence-corrected chi connectivity index (χ2v) is 6.29. The number of carbonyl (C=O) groups is 2. The molecule has 0 bridgehead atoms. The molecular formula is C15H19N5O3. The van der Waals surface area contributed by atoms with Crippen LogP contribution in [0.1, 0.15) is 31.1 Å². The van der Waals surface area contributed by atoms with Crippen LogP contribution in [-0.2, 0) is 4.74 Å². The van der Waals surface area contributed by atoms with Crippen LogP contribution >= 0.6 is 0 Å². The minimum atomic E-state index is -0.529. The lowest BCUT2D eigenvalue weighted by Crippen LogP contribution is -2.61. The van der Waals surface area contributed by atoms with Crippen LogP contribution < -0.4 is 5.32 Å². The molecule has 1 saturated heterocycles. The first-order valence-electron chi connectivity index (χ1n) is 7.22. The molecule has 0 aromatic heterocycles. The minimum absolute atomic E-state index is 0.0909. The van der Waals surface area contributed by atoms with Gasteiger partial charge in [-0.05, 0) is 38.4 Å². The zero-order valence-electron chi connectivity index (χ0n) is 13.3. The molecule has 1 fully saturated rings. The van der Waals surface area contributed by atoms with Gasteiger partial charge in [0.05, 0.1) is 6.04 Å².